The van der Waals surface area contributed by atoms with E-state index < -0.39 is 5.97 Å². The molecule has 1 aromatic carbocycles. The molecule has 0 aliphatic heterocycles. The lowest BCUT2D eigenvalue weighted by Gasteiger charge is -2.24. The fourth-order valence-corrected chi connectivity index (χ4v) is 1.95. The van der Waals surface area contributed by atoms with Gasteiger partial charge in [0.2, 0.25) is 0 Å². The monoisotopic (exact) mass is 309 g/mol. The van der Waals surface area contributed by atoms with Crippen molar-refractivity contribution in [2.24, 2.45) is 5.73 Å². The molecular formula is C16H23NO5. The van der Waals surface area contributed by atoms with Gasteiger partial charge in [-0.15, -0.1) is 0 Å². The fourth-order valence-electron chi connectivity index (χ4n) is 1.95. The minimum atomic E-state index is -0.496. The van der Waals surface area contributed by atoms with Crippen molar-refractivity contribution in [1.82, 2.24) is 0 Å². The predicted octanol–water partition coefficient (Wildman–Crippen LogP) is 1.77. The highest BCUT2D eigenvalue weighted by molar-refractivity contribution is 6.00. The molecule has 0 spiro atoms. The van der Waals surface area contributed by atoms with Crippen LogP contribution in [0.4, 0.5) is 0 Å². The first-order chi connectivity index (χ1) is 10.2. The van der Waals surface area contributed by atoms with Gasteiger partial charge < -0.3 is 20.3 Å². The van der Waals surface area contributed by atoms with Gasteiger partial charge in [0.05, 0.1) is 18.7 Å². The summed E-state index contributed by atoms with van der Waals surface area (Å²) in [6, 6.07) is 2.90. The highest BCUT2D eigenvalue weighted by atomic mass is 16.6. The van der Waals surface area contributed by atoms with E-state index >= 15 is 0 Å². The summed E-state index contributed by atoms with van der Waals surface area (Å²) >= 11 is 0. The number of hydrogen-bond acceptors (Lipinski definition) is 6. The van der Waals surface area contributed by atoms with Gasteiger partial charge >= 0.3 is 5.97 Å². The third-order valence-electron chi connectivity index (χ3n) is 3.04. The lowest BCUT2D eigenvalue weighted by molar-refractivity contribution is -0.145. The van der Waals surface area contributed by atoms with E-state index in [2.05, 4.69) is 0 Å². The van der Waals surface area contributed by atoms with Crippen LogP contribution < -0.4 is 10.5 Å². The van der Waals surface area contributed by atoms with Crippen LogP contribution in [0, 0.1) is 0 Å². The number of benzene rings is 1. The van der Waals surface area contributed by atoms with Crippen LogP contribution in [-0.2, 0) is 14.9 Å². The van der Waals surface area contributed by atoms with Gasteiger partial charge in [-0.05, 0) is 18.4 Å². The van der Waals surface area contributed by atoms with E-state index in [9.17, 15) is 14.7 Å². The van der Waals surface area contributed by atoms with Crippen LogP contribution in [0.15, 0.2) is 12.1 Å². The molecular weight excluding hydrogens is 286 g/mol. The summed E-state index contributed by atoms with van der Waals surface area (Å²) in [4.78, 5) is 23.2. The second-order valence-electron chi connectivity index (χ2n) is 5.84. The van der Waals surface area contributed by atoms with Gasteiger partial charge in [-0.1, -0.05) is 20.8 Å². The highest BCUT2D eigenvalue weighted by Gasteiger charge is 2.24. The van der Waals surface area contributed by atoms with Crippen molar-refractivity contribution in [1.29, 1.82) is 0 Å². The summed E-state index contributed by atoms with van der Waals surface area (Å²) in [6.07, 6.45) is 0. The second-order valence-corrected chi connectivity index (χ2v) is 5.84. The molecule has 0 fully saturated rings. The number of phenols is 1. The van der Waals surface area contributed by atoms with Crippen LogP contribution in [0.2, 0.25) is 0 Å². The van der Waals surface area contributed by atoms with Gasteiger partial charge in [0.25, 0.3) is 0 Å². The number of phenolic OH excluding ortho intramolecular Hbond substituents is 1. The number of ketones is 1. The first-order valence-electron chi connectivity index (χ1n) is 7.09. The zero-order chi connectivity index (χ0) is 16.9. The summed E-state index contributed by atoms with van der Waals surface area (Å²) in [5.74, 6) is -0.738. The van der Waals surface area contributed by atoms with E-state index in [4.69, 9.17) is 15.2 Å². The summed E-state index contributed by atoms with van der Waals surface area (Å²) < 4.78 is 10.3. The molecule has 0 radical (unpaired) electrons. The van der Waals surface area contributed by atoms with Gasteiger partial charge in [-0.3, -0.25) is 4.79 Å². The summed E-state index contributed by atoms with van der Waals surface area (Å²) in [6.45, 7) is 7.33. The highest BCUT2D eigenvalue weighted by Crippen LogP contribution is 2.36. The number of ether oxygens (including phenoxy) is 2. The van der Waals surface area contributed by atoms with Gasteiger partial charge in [0.1, 0.15) is 11.5 Å². The third-order valence-corrected chi connectivity index (χ3v) is 3.04. The van der Waals surface area contributed by atoms with Crippen molar-refractivity contribution >= 4 is 11.8 Å². The number of nitrogens with two attached hydrogens (primary N) is 1. The van der Waals surface area contributed by atoms with Crippen molar-refractivity contribution in [2.45, 2.75) is 33.1 Å². The average Bonchev–Trinajstić information content (AvgIpc) is 2.43. The average molecular weight is 309 g/mol. The maximum absolute atomic E-state index is 11.8. The van der Waals surface area contributed by atoms with Gasteiger partial charge in [-0.2, -0.15) is 0 Å². The van der Waals surface area contributed by atoms with E-state index in [1.165, 1.54) is 6.07 Å². The Bertz CT molecular complexity index is 560. The van der Waals surface area contributed by atoms with Gasteiger partial charge in [0, 0.05) is 11.6 Å². The predicted molar refractivity (Wildman–Crippen MR) is 82.3 cm³/mol. The van der Waals surface area contributed by atoms with Gasteiger partial charge in [0.15, 0.2) is 12.4 Å². The zero-order valence-corrected chi connectivity index (χ0v) is 13.4. The molecule has 22 heavy (non-hydrogen) atoms. The normalized spacial score (nSPS) is 11.1. The summed E-state index contributed by atoms with van der Waals surface area (Å²) in [7, 11) is 0. The quantitative estimate of drug-likeness (QED) is 0.614. The molecule has 6 heteroatoms. The molecule has 0 atom stereocenters. The SMILES string of the molecule is CCOC(=O)COc1cc(O)c(C(=O)CN)cc1C(C)(C)C. The molecule has 0 saturated carbocycles. The lowest BCUT2D eigenvalue weighted by Crippen LogP contribution is -2.20. The van der Waals surface area contributed by atoms with Crippen LogP contribution in [-0.4, -0.2) is 36.6 Å². The van der Waals surface area contributed by atoms with Crippen LogP contribution in [0.5, 0.6) is 11.5 Å². The van der Waals surface area contributed by atoms with E-state index in [1.54, 1.807) is 13.0 Å². The van der Waals surface area contributed by atoms with Crippen LogP contribution in [0.1, 0.15) is 43.6 Å². The molecule has 0 unspecified atom stereocenters. The Balaban J connectivity index is 3.18. The molecule has 0 aliphatic rings. The minimum absolute atomic E-state index is 0.149. The number of Topliss-reactive ketones (excluding diaryl/α,β-unsaturated/α-hetero) is 1. The number of esters is 1. The fraction of sp³-hybridized carbons (Fsp3) is 0.500. The lowest BCUT2D eigenvalue weighted by atomic mass is 9.84. The molecule has 6 nitrogen and oxygen atoms in total. The van der Waals surface area contributed by atoms with Crippen molar-refractivity contribution in [2.75, 3.05) is 19.8 Å². The van der Waals surface area contributed by atoms with Crippen LogP contribution >= 0.6 is 0 Å². The molecule has 3 N–H and O–H groups in total. The molecule has 0 aromatic heterocycles. The van der Waals surface area contributed by atoms with Crippen molar-refractivity contribution in [3.8, 4) is 11.5 Å². The summed E-state index contributed by atoms with van der Waals surface area (Å²) in [5, 5.41) is 9.98. The van der Waals surface area contributed by atoms with Crippen LogP contribution in [0.25, 0.3) is 0 Å². The number of rotatable bonds is 6. The Morgan fingerprint density at radius 2 is 1.91 bits per heavy atom. The van der Waals surface area contributed by atoms with Crippen molar-refractivity contribution in [3.05, 3.63) is 23.3 Å². The zero-order valence-electron chi connectivity index (χ0n) is 13.4. The van der Waals surface area contributed by atoms with Gasteiger partial charge in [-0.25, -0.2) is 4.79 Å². The Labute approximate surface area is 130 Å². The first kappa shape index (κ1) is 18.0. The second kappa shape index (κ2) is 7.26. The maximum Gasteiger partial charge on any atom is 0.344 e. The smallest absolute Gasteiger partial charge is 0.344 e. The molecule has 0 amide bonds. The standard InChI is InChI=1S/C16H23NO5/c1-5-21-15(20)9-22-14-7-12(18)10(13(19)8-17)6-11(14)16(2,3)4/h6-7,18H,5,8-9,17H2,1-4H3. The van der Waals surface area contributed by atoms with Crippen molar-refractivity contribution < 1.29 is 24.2 Å². The molecule has 122 valence electrons. The summed E-state index contributed by atoms with van der Waals surface area (Å²) in [5.41, 5.74) is 5.85. The minimum Gasteiger partial charge on any atom is -0.507 e. The van der Waals surface area contributed by atoms with E-state index in [-0.39, 0.29) is 42.3 Å². The maximum atomic E-state index is 11.8. The Hall–Kier alpha value is -2.08. The Morgan fingerprint density at radius 3 is 2.41 bits per heavy atom. The molecule has 0 saturated heterocycles. The van der Waals surface area contributed by atoms with E-state index in [0.29, 0.717) is 11.3 Å². The number of carbonyl (C=O) groups excluding carboxylic acids is 2. The Kier molecular flexibility index (Phi) is 5.93. The third kappa shape index (κ3) is 4.46. The molecule has 0 heterocycles. The number of aromatic hydroxyl groups is 1. The molecule has 1 rings (SSSR count). The van der Waals surface area contributed by atoms with E-state index in [0.717, 1.165) is 0 Å². The van der Waals surface area contributed by atoms with E-state index in [1.807, 2.05) is 20.8 Å². The Morgan fingerprint density at radius 1 is 1.27 bits per heavy atom. The largest absolute Gasteiger partial charge is 0.507 e. The topological polar surface area (TPSA) is 98.9 Å². The molecule has 0 aliphatic carbocycles. The number of hydrogen-bond donors (Lipinski definition) is 2. The van der Waals surface area contributed by atoms with Crippen LogP contribution in [0.3, 0.4) is 0 Å². The van der Waals surface area contributed by atoms with Crippen molar-refractivity contribution in [3.63, 3.8) is 0 Å². The molecule has 1 aromatic rings. The number of carbonyl (C=O) groups is 2. The first-order valence-corrected chi connectivity index (χ1v) is 7.09. The molecule has 0 bridgehead atoms.